The van der Waals surface area contributed by atoms with E-state index in [0.717, 1.165) is 6.42 Å². The molecule has 2 heteroatoms. The lowest BCUT2D eigenvalue weighted by molar-refractivity contribution is 0.295. The van der Waals surface area contributed by atoms with Crippen molar-refractivity contribution in [3.8, 4) is 0 Å². The summed E-state index contributed by atoms with van der Waals surface area (Å²) in [7, 11) is 0. The summed E-state index contributed by atoms with van der Waals surface area (Å²) < 4.78 is 0. The molecule has 2 nitrogen and oxygen atoms in total. The van der Waals surface area contributed by atoms with Gasteiger partial charge in [0.15, 0.2) is 0 Å². The van der Waals surface area contributed by atoms with Gasteiger partial charge in [0.1, 0.15) is 0 Å². The third kappa shape index (κ3) is 8.26. The minimum atomic E-state index is 0.133. The van der Waals surface area contributed by atoms with Crippen molar-refractivity contribution in [3.63, 3.8) is 0 Å². The van der Waals surface area contributed by atoms with Gasteiger partial charge in [0.05, 0.1) is 0 Å². The molecule has 0 bridgehead atoms. The first-order chi connectivity index (χ1) is 6.20. The predicted octanol–water partition coefficient (Wildman–Crippen LogP) is 2.56. The Kier molecular flexibility index (Phi) is 8.46. The molecule has 0 aromatic rings. The van der Waals surface area contributed by atoms with Crippen LogP contribution >= 0.6 is 0 Å². The highest BCUT2D eigenvalue weighted by atomic mass is 15.1. The van der Waals surface area contributed by atoms with E-state index in [0.29, 0.717) is 0 Å². The molecule has 0 fully saturated rings. The van der Waals surface area contributed by atoms with Crippen molar-refractivity contribution >= 4 is 0 Å². The molecule has 0 spiro atoms. The van der Waals surface area contributed by atoms with E-state index in [9.17, 15) is 0 Å². The molecule has 0 saturated carbocycles. The van der Waals surface area contributed by atoms with Crippen LogP contribution in [0.1, 0.15) is 46.5 Å². The molecule has 13 heavy (non-hydrogen) atoms. The molecule has 0 aliphatic rings. The van der Waals surface area contributed by atoms with Crippen molar-refractivity contribution in [1.82, 2.24) is 10.6 Å². The van der Waals surface area contributed by atoms with E-state index >= 15 is 0 Å². The molecule has 1 N–H and O–H groups in total. The average molecular weight is 185 g/mol. The Balaban J connectivity index is 3.14. The maximum absolute atomic E-state index is 7.36. The minimum absolute atomic E-state index is 0.133. The van der Waals surface area contributed by atoms with Crippen LogP contribution < -0.4 is 5.73 Å². The second kappa shape index (κ2) is 8.52. The summed E-state index contributed by atoms with van der Waals surface area (Å²) in [6.45, 7) is 9.99. The van der Waals surface area contributed by atoms with Crippen LogP contribution in [0.2, 0.25) is 0 Å². The first kappa shape index (κ1) is 12.9. The topological polar surface area (TPSA) is 27.0 Å². The van der Waals surface area contributed by atoms with Gasteiger partial charge in [0.2, 0.25) is 0 Å². The highest BCUT2D eigenvalue weighted by molar-refractivity contribution is 4.55. The Morgan fingerprint density at radius 2 is 1.69 bits per heavy atom. The summed E-state index contributed by atoms with van der Waals surface area (Å²) in [5.74, 6) is 0. The SMILES string of the molecule is CCN(CC)CCCCCC(C)[NH]. The zero-order valence-electron chi connectivity index (χ0n) is 9.47. The van der Waals surface area contributed by atoms with Gasteiger partial charge in [-0.1, -0.05) is 26.7 Å². The highest BCUT2D eigenvalue weighted by Gasteiger charge is 1.99. The van der Waals surface area contributed by atoms with E-state index in [2.05, 4.69) is 18.7 Å². The summed E-state index contributed by atoms with van der Waals surface area (Å²) in [6, 6.07) is 0.133. The van der Waals surface area contributed by atoms with Crippen LogP contribution in [0.3, 0.4) is 0 Å². The van der Waals surface area contributed by atoms with Gasteiger partial charge in [-0.3, -0.25) is 5.73 Å². The van der Waals surface area contributed by atoms with E-state index in [4.69, 9.17) is 5.73 Å². The van der Waals surface area contributed by atoms with Gasteiger partial charge in [0.25, 0.3) is 0 Å². The summed E-state index contributed by atoms with van der Waals surface area (Å²) in [5, 5.41) is 0. The van der Waals surface area contributed by atoms with Crippen LogP contribution in [0, 0.1) is 0 Å². The first-order valence-electron chi connectivity index (χ1n) is 5.64. The summed E-state index contributed by atoms with van der Waals surface area (Å²) in [6.07, 6.45) is 4.89. The van der Waals surface area contributed by atoms with Crippen LogP contribution in [0.5, 0.6) is 0 Å². The van der Waals surface area contributed by atoms with Crippen molar-refractivity contribution in [1.29, 1.82) is 0 Å². The Labute approximate surface area is 83.5 Å². The number of unbranched alkanes of at least 4 members (excludes halogenated alkanes) is 2. The Morgan fingerprint density at radius 3 is 2.15 bits per heavy atom. The smallest absolute Gasteiger partial charge is 0.0184 e. The molecular weight excluding hydrogens is 160 g/mol. The van der Waals surface area contributed by atoms with Crippen LogP contribution in [0.15, 0.2) is 0 Å². The molecule has 0 aliphatic heterocycles. The van der Waals surface area contributed by atoms with Crippen molar-refractivity contribution in [2.24, 2.45) is 0 Å². The third-order valence-electron chi connectivity index (χ3n) is 2.51. The summed E-state index contributed by atoms with van der Waals surface area (Å²) in [5.41, 5.74) is 7.36. The quantitative estimate of drug-likeness (QED) is 0.534. The lowest BCUT2D eigenvalue weighted by Crippen LogP contribution is -2.23. The fourth-order valence-electron chi connectivity index (χ4n) is 1.50. The third-order valence-corrected chi connectivity index (χ3v) is 2.51. The molecule has 1 atom stereocenters. The van der Waals surface area contributed by atoms with Crippen molar-refractivity contribution < 1.29 is 0 Å². The molecule has 1 unspecified atom stereocenters. The zero-order valence-corrected chi connectivity index (χ0v) is 9.47. The Morgan fingerprint density at radius 1 is 1.08 bits per heavy atom. The van der Waals surface area contributed by atoms with Gasteiger partial charge in [-0.15, -0.1) is 0 Å². The Hall–Kier alpha value is -0.0800. The molecule has 0 aromatic heterocycles. The van der Waals surface area contributed by atoms with Crippen LogP contribution in [0.25, 0.3) is 0 Å². The molecule has 0 aliphatic carbocycles. The maximum Gasteiger partial charge on any atom is 0.0184 e. The average Bonchev–Trinajstić information content (AvgIpc) is 2.11. The lowest BCUT2D eigenvalue weighted by atomic mass is 10.1. The fourth-order valence-corrected chi connectivity index (χ4v) is 1.50. The molecule has 0 heterocycles. The van der Waals surface area contributed by atoms with Crippen LogP contribution in [-0.2, 0) is 0 Å². The number of nitrogens with zero attached hydrogens (tertiary/aromatic N) is 1. The normalized spacial score (nSPS) is 13.6. The van der Waals surface area contributed by atoms with E-state index in [1.807, 2.05) is 6.92 Å². The monoisotopic (exact) mass is 185 g/mol. The van der Waals surface area contributed by atoms with E-state index in [1.165, 1.54) is 38.9 Å². The molecular formula is C11H25N2. The highest BCUT2D eigenvalue weighted by Crippen LogP contribution is 2.03. The lowest BCUT2D eigenvalue weighted by Gasteiger charge is -2.17. The zero-order chi connectivity index (χ0) is 10.1. The van der Waals surface area contributed by atoms with Gasteiger partial charge >= 0.3 is 0 Å². The summed E-state index contributed by atoms with van der Waals surface area (Å²) in [4.78, 5) is 2.46. The van der Waals surface area contributed by atoms with Gasteiger partial charge < -0.3 is 4.90 Å². The van der Waals surface area contributed by atoms with Gasteiger partial charge in [-0.25, -0.2) is 0 Å². The van der Waals surface area contributed by atoms with Gasteiger partial charge in [-0.05, 0) is 39.4 Å². The molecule has 1 radical (unpaired) electrons. The number of nitrogens with one attached hydrogen (secondary N) is 1. The van der Waals surface area contributed by atoms with E-state index in [1.54, 1.807) is 0 Å². The Bertz CT molecular complexity index is 98.3. The summed E-state index contributed by atoms with van der Waals surface area (Å²) >= 11 is 0. The van der Waals surface area contributed by atoms with Crippen LogP contribution in [-0.4, -0.2) is 30.6 Å². The fraction of sp³-hybridized carbons (Fsp3) is 1.00. The molecule has 0 rings (SSSR count). The second-order valence-electron chi connectivity index (χ2n) is 3.78. The molecule has 0 amide bonds. The number of hydrogen-bond acceptors (Lipinski definition) is 1. The van der Waals surface area contributed by atoms with E-state index < -0.39 is 0 Å². The standard InChI is InChI=1S/C11H25N2/c1-4-13(5-2)10-8-6-7-9-11(3)12/h11-12H,4-10H2,1-3H3. The molecule has 79 valence electrons. The number of rotatable bonds is 8. The van der Waals surface area contributed by atoms with Gasteiger partial charge in [-0.2, -0.15) is 0 Å². The van der Waals surface area contributed by atoms with Crippen molar-refractivity contribution in [2.45, 2.75) is 52.5 Å². The van der Waals surface area contributed by atoms with Crippen LogP contribution in [0.4, 0.5) is 0 Å². The molecule has 0 saturated heterocycles. The minimum Gasteiger partial charge on any atom is -0.304 e. The van der Waals surface area contributed by atoms with E-state index in [-0.39, 0.29) is 6.04 Å². The largest absolute Gasteiger partial charge is 0.304 e. The van der Waals surface area contributed by atoms with Crippen molar-refractivity contribution in [2.75, 3.05) is 19.6 Å². The van der Waals surface area contributed by atoms with Gasteiger partial charge in [0, 0.05) is 6.04 Å². The maximum atomic E-state index is 7.36. The predicted molar refractivity (Wildman–Crippen MR) is 58.8 cm³/mol. The number of hydrogen-bond donors (Lipinski definition) is 0. The van der Waals surface area contributed by atoms with Crippen molar-refractivity contribution in [3.05, 3.63) is 0 Å². The first-order valence-corrected chi connectivity index (χ1v) is 5.64. The molecule has 0 aromatic carbocycles. The second-order valence-corrected chi connectivity index (χ2v) is 3.78.